The Morgan fingerprint density at radius 1 is 1.11 bits per heavy atom. The van der Waals surface area contributed by atoms with E-state index in [2.05, 4.69) is 0 Å². The largest absolute Gasteiger partial charge is 0.396 e. The lowest BCUT2D eigenvalue weighted by Gasteiger charge is -2.15. The highest BCUT2D eigenvalue weighted by Gasteiger charge is 2.08. The first-order valence-electron chi connectivity index (χ1n) is 3.44. The van der Waals surface area contributed by atoms with E-state index in [0.29, 0.717) is 11.8 Å². The lowest BCUT2D eigenvalue weighted by molar-refractivity contribution is 0.169. The molecule has 0 rings (SSSR count). The van der Waals surface area contributed by atoms with Crippen LogP contribution in [0.4, 0.5) is 0 Å². The first-order valence-corrected chi connectivity index (χ1v) is 3.44. The third kappa shape index (κ3) is 3.49. The van der Waals surface area contributed by atoms with E-state index in [0.717, 1.165) is 6.42 Å². The van der Waals surface area contributed by atoms with Gasteiger partial charge in [0.2, 0.25) is 0 Å². The molecule has 0 saturated carbocycles. The van der Waals surface area contributed by atoms with Gasteiger partial charge >= 0.3 is 0 Å². The maximum absolute atomic E-state index is 8.65. The van der Waals surface area contributed by atoms with Gasteiger partial charge in [-0.3, -0.25) is 0 Å². The molecule has 0 heterocycles. The molecule has 9 heavy (non-hydrogen) atoms. The Morgan fingerprint density at radius 2 is 1.67 bits per heavy atom. The molecular formula is C7H16O2. The molecule has 2 heteroatoms. The number of rotatable bonds is 4. The van der Waals surface area contributed by atoms with Crippen LogP contribution in [0, 0.1) is 11.8 Å². The fourth-order valence-electron chi connectivity index (χ4n) is 0.668. The third-order valence-corrected chi connectivity index (χ3v) is 1.84. The Bertz CT molecular complexity index is 63.9. The minimum atomic E-state index is 0.223. The Hall–Kier alpha value is -0.0800. The van der Waals surface area contributed by atoms with Crippen molar-refractivity contribution in [2.75, 3.05) is 13.2 Å². The van der Waals surface area contributed by atoms with Crippen molar-refractivity contribution in [1.29, 1.82) is 0 Å². The van der Waals surface area contributed by atoms with Crippen LogP contribution in [0.5, 0.6) is 0 Å². The number of aliphatic hydroxyl groups excluding tert-OH is 2. The van der Waals surface area contributed by atoms with Gasteiger partial charge in [-0.15, -0.1) is 0 Å². The summed E-state index contributed by atoms with van der Waals surface area (Å²) in [4.78, 5) is 0. The van der Waals surface area contributed by atoms with Gasteiger partial charge in [-0.05, 0) is 18.3 Å². The van der Waals surface area contributed by atoms with Crippen LogP contribution in [0.1, 0.15) is 20.3 Å². The van der Waals surface area contributed by atoms with Crippen molar-refractivity contribution in [1.82, 2.24) is 0 Å². The molecule has 0 aromatic carbocycles. The first kappa shape index (κ1) is 8.92. The van der Waals surface area contributed by atoms with Crippen LogP contribution in [-0.4, -0.2) is 23.4 Å². The van der Waals surface area contributed by atoms with E-state index in [4.69, 9.17) is 10.2 Å². The second kappa shape index (κ2) is 4.77. The average molecular weight is 132 g/mol. The topological polar surface area (TPSA) is 40.5 Å². The van der Waals surface area contributed by atoms with Gasteiger partial charge in [0.25, 0.3) is 0 Å². The first-order chi connectivity index (χ1) is 4.22. The summed E-state index contributed by atoms with van der Waals surface area (Å²) in [5.74, 6) is 0.747. The van der Waals surface area contributed by atoms with Gasteiger partial charge in [-0.25, -0.2) is 0 Å². The second-order valence-electron chi connectivity index (χ2n) is 2.65. The standard InChI is InChI=1S/C7H16O2/c1-6(3-4-8)7(2)5-9/h6-9H,3-5H2,1-2H3. The molecule has 0 spiro atoms. The molecule has 0 aliphatic heterocycles. The summed E-state index contributed by atoms with van der Waals surface area (Å²) in [7, 11) is 0. The van der Waals surface area contributed by atoms with E-state index in [9.17, 15) is 0 Å². The summed E-state index contributed by atoms with van der Waals surface area (Å²) in [6.45, 7) is 4.48. The summed E-state index contributed by atoms with van der Waals surface area (Å²) in [5.41, 5.74) is 0. The van der Waals surface area contributed by atoms with Crippen molar-refractivity contribution in [3.63, 3.8) is 0 Å². The average Bonchev–Trinajstić information content (AvgIpc) is 1.87. The van der Waals surface area contributed by atoms with Crippen LogP contribution in [0.25, 0.3) is 0 Å². The lowest BCUT2D eigenvalue weighted by Crippen LogP contribution is -2.13. The smallest absolute Gasteiger partial charge is 0.0459 e. The monoisotopic (exact) mass is 132 g/mol. The van der Waals surface area contributed by atoms with Crippen molar-refractivity contribution in [3.8, 4) is 0 Å². The van der Waals surface area contributed by atoms with E-state index < -0.39 is 0 Å². The molecule has 0 radical (unpaired) electrons. The molecule has 0 fully saturated rings. The van der Waals surface area contributed by atoms with Crippen molar-refractivity contribution < 1.29 is 10.2 Å². The van der Waals surface area contributed by atoms with Gasteiger partial charge < -0.3 is 10.2 Å². The molecule has 0 bridgehead atoms. The number of hydrogen-bond acceptors (Lipinski definition) is 2. The van der Waals surface area contributed by atoms with Crippen molar-refractivity contribution in [2.24, 2.45) is 11.8 Å². The van der Waals surface area contributed by atoms with E-state index in [1.54, 1.807) is 0 Å². The lowest BCUT2D eigenvalue weighted by atomic mass is 9.94. The Balaban J connectivity index is 3.32. The molecule has 0 amide bonds. The van der Waals surface area contributed by atoms with E-state index in [1.165, 1.54) is 0 Å². The predicted molar refractivity (Wildman–Crippen MR) is 37.1 cm³/mol. The van der Waals surface area contributed by atoms with Crippen LogP contribution in [0.2, 0.25) is 0 Å². The third-order valence-electron chi connectivity index (χ3n) is 1.84. The summed E-state index contributed by atoms with van der Waals surface area (Å²) >= 11 is 0. The summed E-state index contributed by atoms with van der Waals surface area (Å²) in [6, 6.07) is 0. The molecule has 56 valence electrons. The highest BCUT2D eigenvalue weighted by atomic mass is 16.3. The zero-order valence-corrected chi connectivity index (χ0v) is 6.17. The SMILES string of the molecule is CC(CO)C(C)CCO. The summed E-state index contributed by atoms with van der Waals surface area (Å²) in [5, 5.41) is 17.1. The molecule has 2 nitrogen and oxygen atoms in total. The van der Waals surface area contributed by atoms with Crippen molar-refractivity contribution in [3.05, 3.63) is 0 Å². The predicted octanol–water partition coefficient (Wildman–Crippen LogP) is 0.633. The van der Waals surface area contributed by atoms with Gasteiger partial charge in [-0.2, -0.15) is 0 Å². The normalized spacial score (nSPS) is 17.3. The molecule has 0 aromatic rings. The summed E-state index contributed by atoms with van der Waals surface area (Å²) < 4.78 is 0. The van der Waals surface area contributed by atoms with Gasteiger partial charge in [-0.1, -0.05) is 13.8 Å². The van der Waals surface area contributed by atoms with Crippen molar-refractivity contribution in [2.45, 2.75) is 20.3 Å². The van der Waals surface area contributed by atoms with Crippen molar-refractivity contribution >= 4 is 0 Å². The maximum atomic E-state index is 8.65. The fourth-order valence-corrected chi connectivity index (χ4v) is 0.668. The van der Waals surface area contributed by atoms with Gasteiger partial charge in [0, 0.05) is 13.2 Å². The van der Waals surface area contributed by atoms with E-state index in [1.807, 2.05) is 13.8 Å². The van der Waals surface area contributed by atoms with E-state index >= 15 is 0 Å². The molecular weight excluding hydrogens is 116 g/mol. The van der Waals surface area contributed by atoms with Gasteiger partial charge in [0.1, 0.15) is 0 Å². The second-order valence-corrected chi connectivity index (χ2v) is 2.65. The van der Waals surface area contributed by atoms with Crippen LogP contribution >= 0.6 is 0 Å². The Morgan fingerprint density at radius 3 is 2.00 bits per heavy atom. The molecule has 0 aromatic heterocycles. The molecule has 0 aliphatic rings. The highest BCUT2D eigenvalue weighted by Crippen LogP contribution is 2.12. The van der Waals surface area contributed by atoms with Gasteiger partial charge in [0.05, 0.1) is 0 Å². The molecule has 2 atom stereocenters. The molecule has 2 N–H and O–H groups in total. The summed E-state index contributed by atoms with van der Waals surface area (Å²) in [6.07, 6.45) is 0.793. The number of hydrogen-bond donors (Lipinski definition) is 2. The Kier molecular flexibility index (Phi) is 4.72. The molecule has 0 aliphatic carbocycles. The van der Waals surface area contributed by atoms with Crippen LogP contribution in [-0.2, 0) is 0 Å². The zero-order valence-electron chi connectivity index (χ0n) is 6.17. The van der Waals surface area contributed by atoms with Gasteiger partial charge in [0.15, 0.2) is 0 Å². The maximum Gasteiger partial charge on any atom is 0.0459 e. The minimum Gasteiger partial charge on any atom is -0.396 e. The van der Waals surface area contributed by atoms with Crippen LogP contribution in [0.15, 0.2) is 0 Å². The quantitative estimate of drug-likeness (QED) is 0.589. The molecule has 2 unspecified atom stereocenters. The fraction of sp³-hybridized carbons (Fsp3) is 1.00. The van der Waals surface area contributed by atoms with E-state index in [-0.39, 0.29) is 13.2 Å². The van der Waals surface area contributed by atoms with Crippen LogP contribution < -0.4 is 0 Å². The minimum absolute atomic E-state index is 0.223. The zero-order chi connectivity index (χ0) is 7.28. The highest BCUT2D eigenvalue weighted by molar-refractivity contribution is 4.59. The Labute approximate surface area is 56.5 Å². The molecule has 0 saturated heterocycles. The van der Waals surface area contributed by atoms with Crippen LogP contribution in [0.3, 0.4) is 0 Å². The number of aliphatic hydroxyl groups is 2.